The maximum atomic E-state index is 12.3. The van der Waals surface area contributed by atoms with Crippen molar-refractivity contribution in [2.75, 3.05) is 32.5 Å². The van der Waals surface area contributed by atoms with Crippen molar-refractivity contribution in [3.63, 3.8) is 0 Å². The molecule has 0 aliphatic heterocycles. The second kappa shape index (κ2) is 14.2. The lowest BCUT2D eigenvalue weighted by Crippen LogP contribution is -2.38. The number of nitrogens with one attached hydrogen (secondary N) is 2. The molecule has 2 rings (SSSR count). The molecule has 2 aromatic carbocycles. The molecule has 8 heteroatoms. The molecule has 2 aromatic rings. The van der Waals surface area contributed by atoms with Gasteiger partial charge in [0.05, 0.1) is 18.6 Å². The predicted molar refractivity (Wildman–Crippen MR) is 135 cm³/mol. The molecule has 0 aliphatic rings. The summed E-state index contributed by atoms with van der Waals surface area (Å²) in [6.07, 6.45) is 1.37. The van der Waals surface area contributed by atoms with Crippen molar-refractivity contribution in [3.8, 4) is 5.75 Å². The summed E-state index contributed by atoms with van der Waals surface area (Å²) in [4.78, 5) is 4.49. The van der Waals surface area contributed by atoms with Crippen LogP contribution in [0.1, 0.15) is 24.5 Å². The third kappa shape index (κ3) is 10.3. The lowest BCUT2D eigenvalue weighted by Gasteiger charge is -2.11. The molecule has 0 unspecified atom stereocenters. The second-order valence-electron chi connectivity index (χ2n) is 6.72. The Balaban J connectivity index is 0.00000450. The zero-order chi connectivity index (χ0) is 21.0. The van der Waals surface area contributed by atoms with E-state index in [2.05, 4.69) is 15.6 Å². The smallest absolute Gasteiger partial charge is 0.191 e. The van der Waals surface area contributed by atoms with E-state index in [4.69, 9.17) is 4.74 Å². The molecule has 30 heavy (non-hydrogen) atoms. The molecule has 0 atom stereocenters. The van der Waals surface area contributed by atoms with Gasteiger partial charge in [0.15, 0.2) is 15.8 Å². The average Bonchev–Trinajstić information content (AvgIpc) is 2.72. The van der Waals surface area contributed by atoms with Crippen LogP contribution in [-0.4, -0.2) is 46.9 Å². The van der Waals surface area contributed by atoms with Crippen LogP contribution in [0.5, 0.6) is 5.75 Å². The van der Waals surface area contributed by atoms with E-state index in [0.717, 1.165) is 30.8 Å². The largest absolute Gasteiger partial charge is 0.497 e. The van der Waals surface area contributed by atoms with Gasteiger partial charge in [0.1, 0.15) is 5.75 Å². The molecule has 0 amide bonds. The topological polar surface area (TPSA) is 79.8 Å². The summed E-state index contributed by atoms with van der Waals surface area (Å²) < 4.78 is 29.7. The lowest BCUT2D eigenvalue weighted by molar-refractivity contribution is 0.414. The normalized spacial score (nSPS) is 11.5. The quantitative estimate of drug-likeness (QED) is 0.196. The van der Waals surface area contributed by atoms with Crippen molar-refractivity contribution < 1.29 is 13.2 Å². The number of ether oxygens (including phenoxy) is 1. The molecular weight excluding hydrogens is 513 g/mol. The summed E-state index contributed by atoms with van der Waals surface area (Å²) in [5, 5.41) is 6.49. The van der Waals surface area contributed by atoms with Gasteiger partial charge in [-0.1, -0.05) is 42.5 Å². The van der Waals surface area contributed by atoms with Crippen molar-refractivity contribution in [2.45, 2.75) is 25.5 Å². The van der Waals surface area contributed by atoms with Crippen LogP contribution in [-0.2, 0) is 22.0 Å². The molecule has 0 aliphatic carbocycles. The van der Waals surface area contributed by atoms with Crippen molar-refractivity contribution in [2.24, 2.45) is 4.99 Å². The maximum Gasteiger partial charge on any atom is 0.191 e. The van der Waals surface area contributed by atoms with Crippen LogP contribution < -0.4 is 15.4 Å². The summed E-state index contributed by atoms with van der Waals surface area (Å²) in [7, 11) is -1.47. The average molecular weight is 545 g/mol. The highest BCUT2D eigenvalue weighted by atomic mass is 127. The van der Waals surface area contributed by atoms with Gasteiger partial charge in [-0.2, -0.15) is 0 Å². The highest BCUT2D eigenvalue weighted by molar-refractivity contribution is 14.0. The Labute approximate surface area is 197 Å². The first-order valence-corrected chi connectivity index (χ1v) is 11.7. The Morgan fingerprint density at radius 3 is 2.33 bits per heavy atom. The van der Waals surface area contributed by atoms with Crippen LogP contribution in [0.3, 0.4) is 0 Å². The summed E-state index contributed by atoms with van der Waals surface area (Å²) in [6, 6.07) is 17.3. The minimum atomic E-state index is -3.12. The van der Waals surface area contributed by atoms with Crippen LogP contribution >= 0.6 is 24.0 Å². The fourth-order valence-electron chi connectivity index (χ4n) is 2.83. The summed E-state index contributed by atoms with van der Waals surface area (Å²) in [5.74, 6) is 1.77. The molecule has 0 heterocycles. The fourth-order valence-corrected chi connectivity index (χ4v) is 4.25. The van der Waals surface area contributed by atoms with Gasteiger partial charge in [0.2, 0.25) is 0 Å². The highest BCUT2D eigenvalue weighted by Gasteiger charge is 2.11. The Hall–Kier alpha value is -1.81. The standard InChI is InChI=1S/C22H31N3O3S.HI/c1-3-23-22(25-16-14-19-10-12-21(28-2)13-11-19)24-15-7-17-29(26,27)18-20-8-5-4-6-9-20;/h4-6,8-13H,3,7,14-18H2,1-2H3,(H2,23,24,25);1H. The van der Waals surface area contributed by atoms with Gasteiger partial charge in [0, 0.05) is 19.6 Å². The van der Waals surface area contributed by atoms with Crippen LogP contribution in [0.25, 0.3) is 0 Å². The van der Waals surface area contributed by atoms with Crippen molar-refractivity contribution in [3.05, 3.63) is 65.7 Å². The van der Waals surface area contributed by atoms with E-state index in [-0.39, 0.29) is 35.5 Å². The summed E-state index contributed by atoms with van der Waals surface area (Å²) in [5.41, 5.74) is 2.03. The van der Waals surface area contributed by atoms with Gasteiger partial charge >= 0.3 is 0 Å². The molecule has 0 saturated carbocycles. The van der Waals surface area contributed by atoms with Crippen LogP contribution in [0, 0.1) is 0 Å². The third-order valence-electron chi connectivity index (χ3n) is 4.32. The van der Waals surface area contributed by atoms with E-state index >= 15 is 0 Å². The number of benzene rings is 2. The molecule has 0 fully saturated rings. The molecule has 0 bridgehead atoms. The summed E-state index contributed by atoms with van der Waals surface area (Å²) in [6.45, 7) is 3.96. The Morgan fingerprint density at radius 1 is 1.00 bits per heavy atom. The first-order chi connectivity index (χ1) is 14.0. The summed E-state index contributed by atoms with van der Waals surface area (Å²) >= 11 is 0. The minimum Gasteiger partial charge on any atom is -0.497 e. The molecule has 0 radical (unpaired) electrons. The van der Waals surface area contributed by atoms with Crippen LogP contribution in [0.4, 0.5) is 0 Å². The number of sulfone groups is 1. The lowest BCUT2D eigenvalue weighted by atomic mass is 10.1. The number of nitrogens with zero attached hydrogens (tertiary/aromatic N) is 1. The SMILES string of the molecule is CCNC(=NCCCS(=O)(=O)Cc1ccccc1)NCCc1ccc(OC)cc1.I. The maximum absolute atomic E-state index is 12.3. The van der Waals surface area contributed by atoms with E-state index in [1.165, 1.54) is 5.56 Å². The molecule has 0 saturated heterocycles. The highest BCUT2D eigenvalue weighted by Crippen LogP contribution is 2.11. The molecule has 166 valence electrons. The van der Waals surface area contributed by atoms with Crippen molar-refractivity contribution >= 4 is 39.8 Å². The van der Waals surface area contributed by atoms with E-state index in [1.807, 2.05) is 61.5 Å². The van der Waals surface area contributed by atoms with Crippen LogP contribution in [0.15, 0.2) is 59.6 Å². The number of hydrogen-bond donors (Lipinski definition) is 2. The number of guanidine groups is 1. The first-order valence-electron chi connectivity index (χ1n) is 9.92. The van der Waals surface area contributed by atoms with Crippen molar-refractivity contribution in [1.29, 1.82) is 0 Å². The monoisotopic (exact) mass is 545 g/mol. The number of rotatable bonds is 11. The van der Waals surface area contributed by atoms with E-state index in [1.54, 1.807) is 7.11 Å². The van der Waals surface area contributed by atoms with Gasteiger partial charge in [-0.05, 0) is 43.0 Å². The van der Waals surface area contributed by atoms with Gasteiger partial charge < -0.3 is 15.4 Å². The Kier molecular flexibility index (Phi) is 12.4. The fraction of sp³-hybridized carbons (Fsp3) is 0.409. The molecule has 0 aromatic heterocycles. The molecule has 0 spiro atoms. The Morgan fingerprint density at radius 2 is 1.70 bits per heavy atom. The number of methoxy groups -OCH3 is 1. The van der Waals surface area contributed by atoms with Gasteiger partial charge in [-0.3, -0.25) is 4.99 Å². The predicted octanol–water partition coefficient (Wildman–Crippen LogP) is 3.42. The minimum absolute atomic E-state index is 0. The molecule has 6 nitrogen and oxygen atoms in total. The Bertz CT molecular complexity index is 857. The number of aliphatic imine (C=N–C) groups is 1. The van der Waals surface area contributed by atoms with E-state index in [0.29, 0.717) is 18.9 Å². The zero-order valence-electron chi connectivity index (χ0n) is 17.6. The van der Waals surface area contributed by atoms with Crippen molar-refractivity contribution in [1.82, 2.24) is 10.6 Å². The second-order valence-corrected chi connectivity index (χ2v) is 8.90. The first kappa shape index (κ1) is 26.2. The third-order valence-corrected chi connectivity index (χ3v) is 6.01. The number of hydrogen-bond acceptors (Lipinski definition) is 4. The van der Waals surface area contributed by atoms with Gasteiger partial charge in [-0.15, -0.1) is 24.0 Å². The van der Waals surface area contributed by atoms with E-state index in [9.17, 15) is 8.42 Å². The number of halogens is 1. The van der Waals surface area contributed by atoms with Gasteiger partial charge in [-0.25, -0.2) is 8.42 Å². The van der Waals surface area contributed by atoms with E-state index < -0.39 is 9.84 Å². The molecule has 2 N–H and O–H groups in total. The zero-order valence-corrected chi connectivity index (χ0v) is 20.8. The molecular formula is C22H32IN3O3S. The van der Waals surface area contributed by atoms with Gasteiger partial charge in [0.25, 0.3) is 0 Å². The van der Waals surface area contributed by atoms with Crippen LogP contribution in [0.2, 0.25) is 0 Å².